The molecule has 4 aromatic rings. The van der Waals surface area contributed by atoms with Crippen LogP contribution < -0.4 is 14.4 Å². The van der Waals surface area contributed by atoms with E-state index in [-0.39, 0.29) is 29.1 Å². The maximum atomic E-state index is 15.1. The number of amides is 2. The van der Waals surface area contributed by atoms with Gasteiger partial charge in [0, 0.05) is 30.1 Å². The number of anilines is 1. The van der Waals surface area contributed by atoms with Crippen molar-refractivity contribution in [3.05, 3.63) is 125 Å². The van der Waals surface area contributed by atoms with Gasteiger partial charge < -0.3 is 15.0 Å². The molecule has 0 aromatic heterocycles. The Bertz CT molecular complexity index is 1720. The van der Waals surface area contributed by atoms with Gasteiger partial charge in [-0.3, -0.25) is 13.9 Å². The van der Waals surface area contributed by atoms with Crippen molar-refractivity contribution in [2.24, 2.45) is 0 Å². The van der Waals surface area contributed by atoms with Crippen molar-refractivity contribution < 1.29 is 27.1 Å². The number of unbranched alkanes of at least 4 members (excludes halogenated alkanes) is 1. The van der Waals surface area contributed by atoms with Crippen molar-refractivity contribution in [2.75, 3.05) is 24.0 Å². The molecular weight excluding hydrogens is 641 g/mol. The standard InChI is InChI=1S/C36H39ClFN3O5S/c1-3-5-23-39-36(43)34(24-27-11-7-6-8-12-27)40(25-28-13-9-10-14-33(28)38)35(42)26-41(30-17-19-31(20-18-30)46-4-2)47(44,45)32-21-15-29(37)16-22-32/h6-22,34H,3-5,23-26H2,1-2H3,(H,39,43). The van der Waals surface area contributed by atoms with E-state index in [2.05, 4.69) is 5.32 Å². The second-order valence-electron chi connectivity index (χ2n) is 10.9. The molecule has 47 heavy (non-hydrogen) atoms. The van der Waals surface area contributed by atoms with E-state index in [0.717, 1.165) is 22.7 Å². The van der Waals surface area contributed by atoms with Crippen LogP contribution >= 0.6 is 11.6 Å². The smallest absolute Gasteiger partial charge is 0.264 e. The summed E-state index contributed by atoms with van der Waals surface area (Å²) in [6.07, 6.45) is 1.71. The van der Waals surface area contributed by atoms with Crippen molar-refractivity contribution in [3.63, 3.8) is 0 Å². The molecule has 0 spiro atoms. The summed E-state index contributed by atoms with van der Waals surface area (Å²) in [7, 11) is -4.32. The van der Waals surface area contributed by atoms with Crippen LogP contribution in [0.2, 0.25) is 5.02 Å². The molecule has 0 saturated heterocycles. The first-order valence-electron chi connectivity index (χ1n) is 15.5. The van der Waals surface area contributed by atoms with Gasteiger partial charge in [-0.2, -0.15) is 0 Å². The van der Waals surface area contributed by atoms with Gasteiger partial charge in [0.2, 0.25) is 11.8 Å². The molecule has 0 saturated carbocycles. The highest BCUT2D eigenvalue weighted by molar-refractivity contribution is 7.92. The van der Waals surface area contributed by atoms with Gasteiger partial charge in [0.15, 0.2) is 0 Å². The van der Waals surface area contributed by atoms with E-state index in [1.54, 1.807) is 36.4 Å². The lowest BCUT2D eigenvalue weighted by Gasteiger charge is -2.34. The molecule has 0 fully saturated rings. The molecule has 4 aromatic carbocycles. The third-order valence-corrected chi connectivity index (χ3v) is 9.56. The Morgan fingerprint density at radius 3 is 2.19 bits per heavy atom. The van der Waals surface area contributed by atoms with Crippen LogP contribution in [0.5, 0.6) is 5.75 Å². The Morgan fingerprint density at radius 2 is 1.55 bits per heavy atom. The van der Waals surface area contributed by atoms with E-state index in [0.29, 0.717) is 23.9 Å². The van der Waals surface area contributed by atoms with Crippen molar-refractivity contribution >= 4 is 39.1 Å². The molecule has 0 heterocycles. The third-order valence-electron chi connectivity index (χ3n) is 7.52. The Balaban J connectivity index is 1.80. The number of nitrogens with zero attached hydrogens (tertiary/aromatic N) is 2. The van der Waals surface area contributed by atoms with Gasteiger partial charge >= 0.3 is 0 Å². The number of sulfonamides is 1. The minimum atomic E-state index is -4.32. The average molecular weight is 680 g/mol. The zero-order chi connectivity index (χ0) is 33.8. The third kappa shape index (κ3) is 9.56. The van der Waals surface area contributed by atoms with Gasteiger partial charge in [0.25, 0.3) is 10.0 Å². The van der Waals surface area contributed by atoms with E-state index in [9.17, 15) is 18.0 Å². The van der Waals surface area contributed by atoms with Crippen LogP contribution in [0.1, 0.15) is 37.8 Å². The SMILES string of the molecule is CCCCNC(=O)C(Cc1ccccc1)N(Cc1ccccc1F)C(=O)CN(c1ccc(OCC)cc1)S(=O)(=O)c1ccc(Cl)cc1. The molecule has 8 nitrogen and oxygen atoms in total. The van der Waals surface area contributed by atoms with E-state index in [1.807, 2.05) is 44.2 Å². The van der Waals surface area contributed by atoms with Crippen LogP contribution in [-0.4, -0.2) is 50.9 Å². The molecule has 11 heteroatoms. The molecular formula is C36H39ClFN3O5S. The summed E-state index contributed by atoms with van der Waals surface area (Å²) in [4.78, 5) is 29.5. The van der Waals surface area contributed by atoms with Crippen LogP contribution in [0.25, 0.3) is 0 Å². The Morgan fingerprint density at radius 1 is 0.894 bits per heavy atom. The fourth-order valence-electron chi connectivity index (χ4n) is 5.01. The topological polar surface area (TPSA) is 96.0 Å². The maximum Gasteiger partial charge on any atom is 0.264 e. The highest BCUT2D eigenvalue weighted by Crippen LogP contribution is 2.28. The number of rotatable bonds is 16. The van der Waals surface area contributed by atoms with Crippen LogP contribution in [-0.2, 0) is 32.6 Å². The monoisotopic (exact) mass is 679 g/mol. The number of carbonyl (C=O) groups excluding carboxylic acids is 2. The van der Waals surface area contributed by atoms with Crippen LogP contribution in [0.15, 0.2) is 108 Å². The lowest BCUT2D eigenvalue weighted by atomic mass is 10.0. The molecule has 1 unspecified atom stereocenters. The quantitative estimate of drug-likeness (QED) is 0.134. The summed E-state index contributed by atoms with van der Waals surface area (Å²) in [5, 5.41) is 3.27. The first kappa shape index (κ1) is 35.4. The normalized spacial score (nSPS) is 11.8. The van der Waals surface area contributed by atoms with Gasteiger partial charge in [0.1, 0.15) is 24.2 Å². The molecule has 1 N–H and O–H groups in total. The molecule has 248 valence electrons. The number of halogens is 2. The highest BCUT2D eigenvalue weighted by atomic mass is 35.5. The summed E-state index contributed by atoms with van der Waals surface area (Å²) in [6.45, 7) is 3.71. The average Bonchev–Trinajstić information content (AvgIpc) is 3.07. The van der Waals surface area contributed by atoms with E-state index >= 15 is 4.39 Å². The molecule has 0 bridgehead atoms. The molecule has 1 atom stereocenters. The molecule has 0 aliphatic rings. The summed E-state index contributed by atoms with van der Waals surface area (Å²) in [5.41, 5.74) is 1.18. The number of benzene rings is 4. The zero-order valence-corrected chi connectivity index (χ0v) is 28.0. The van der Waals surface area contributed by atoms with Gasteiger partial charge in [-0.25, -0.2) is 12.8 Å². The van der Waals surface area contributed by atoms with Crippen molar-refractivity contribution in [1.29, 1.82) is 0 Å². The van der Waals surface area contributed by atoms with Crippen LogP contribution in [0.3, 0.4) is 0 Å². The van der Waals surface area contributed by atoms with E-state index < -0.39 is 40.2 Å². The number of hydrogen-bond acceptors (Lipinski definition) is 5. The molecule has 0 aliphatic heterocycles. The second-order valence-corrected chi connectivity index (χ2v) is 13.2. The number of nitrogens with one attached hydrogen (secondary N) is 1. The largest absolute Gasteiger partial charge is 0.494 e. The fraction of sp³-hybridized carbons (Fsp3) is 0.278. The fourth-order valence-corrected chi connectivity index (χ4v) is 6.55. The van der Waals surface area contributed by atoms with Gasteiger partial charge in [-0.05, 0) is 73.5 Å². The molecule has 0 aliphatic carbocycles. The maximum absolute atomic E-state index is 15.1. The van der Waals surface area contributed by atoms with Crippen LogP contribution in [0, 0.1) is 5.82 Å². The zero-order valence-electron chi connectivity index (χ0n) is 26.4. The molecule has 2 amide bonds. The first-order valence-corrected chi connectivity index (χ1v) is 17.3. The first-order chi connectivity index (χ1) is 22.6. The summed E-state index contributed by atoms with van der Waals surface area (Å²) in [5.74, 6) is -1.13. The van der Waals surface area contributed by atoms with E-state index in [1.165, 1.54) is 41.3 Å². The van der Waals surface area contributed by atoms with Gasteiger partial charge in [-0.1, -0.05) is 73.5 Å². The number of carbonyl (C=O) groups is 2. The number of hydrogen-bond donors (Lipinski definition) is 1. The van der Waals surface area contributed by atoms with Gasteiger partial charge in [0.05, 0.1) is 17.2 Å². The Kier molecular flexibility index (Phi) is 12.8. The Hall–Kier alpha value is -4.41. The summed E-state index contributed by atoms with van der Waals surface area (Å²) in [6, 6.07) is 26.1. The van der Waals surface area contributed by atoms with E-state index in [4.69, 9.17) is 16.3 Å². The molecule has 4 rings (SSSR count). The van der Waals surface area contributed by atoms with Crippen LogP contribution in [0.4, 0.5) is 10.1 Å². The minimum absolute atomic E-state index is 0.0811. The second kappa shape index (κ2) is 16.9. The van der Waals surface area contributed by atoms with Crippen molar-refractivity contribution in [3.8, 4) is 5.75 Å². The predicted molar refractivity (Wildman–Crippen MR) is 182 cm³/mol. The van der Waals surface area contributed by atoms with Crippen molar-refractivity contribution in [1.82, 2.24) is 10.2 Å². The lowest BCUT2D eigenvalue weighted by molar-refractivity contribution is -0.140. The summed E-state index contributed by atoms with van der Waals surface area (Å²) >= 11 is 6.05. The number of ether oxygens (including phenoxy) is 1. The highest BCUT2D eigenvalue weighted by Gasteiger charge is 2.35. The lowest BCUT2D eigenvalue weighted by Crippen LogP contribution is -2.53. The Labute approximate surface area is 281 Å². The summed E-state index contributed by atoms with van der Waals surface area (Å²) < 4.78 is 49.9. The van der Waals surface area contributed by atoms with Gasteiger partial charge in [-0.15, -0.1) is 0 Å². The minimum Gasteiger partial charge on any atom is -0.494 e. The van der Waals surface area contributed by atoms with Crippen molar-refractivity contribution in [2.45, 2.75) is 50.6 Å². The molecule has 0 radical (unpaired) electrons. The predicted octanol–water partition coefficient (Wildman–Crippen LogP) is 6.63.